The molecule has 11 heavy (non-hydrogen) atoms. The van der Waals surface area contributed by atoms with Crippen molar-refractivity contribution < 1.29 is 4.74 Å². The predicted octanol–water partition coefficient (Wildman–Crippen LogP) is 1.41. The average molecular weight is 157 g/mol. The lowest BCUT2D eigenvalue weighted by Gasteiger charge is -2.18. The second kappa shape index (κ2) is 4.73. The normalized spacial score (nSPS) is 31.1. The Labute approximate surface area is 69.3 Å². The van der Waals surface area contributed by atoms with Crippen LogP contribution in [0.2, 0.25) is 0 Å². The molecule has 0 amide bonds. The van der Waals surface area contributed by atoms with Crippen molar-refractivity contribution in [2.45, 2.75) is 32.2 Å². The highest BCUT2D eigenvalue weighted by molar-refractivity contribution is 4.82. The van der Waals surface area contributed by atoms with Crippen LogP contribution in [0, 0.1) is 5.92 Å². The molecule has 0 saturated heterocycles. The Balaban J connectivity index is 2.25. The summed E-state index contributed by atoms with van der Waals surface area (Å²) in [7, 11) is 1.79. The van der Waals surface area contributed by atoms with E-state index < -0.39 is 0 Å². The number of hydrogen-bond acceptors (Lipinski definition) is 2. The van der Waals surface area contributed by atoms with Gasteiger partial charge >= 0.3 is 0 Å². The monoisotopic (exact) mass is 157 g/mol. The van der Waals surface area contributed by atoms with Gasteiger partial charge in [0.05, 0.1) is 6.61 Å². The Morgan fingerprint density at radius 1 is 1.45 bits per heavy atom. The number of hydrogen-bond donors (Lipinski definition) is 1. The molecule has 1 N–H and O–H groups in total. The van der Waals surface area contributed by atoms with E-state index in [4.69, 9.17) is 4.74 Å². The van der Waals surface area contributed by atoms with E-state index in [9.17, 15) is 0 Å². The second-order valence-corrected chi connectivity index (χ2v) is 3.31. The molecular weight excluding hydrogens is 138 g/mol. The van der Waals surface area contributed by atoms with Crippen LogP contribution in [-0.2, 0) is 4.74 Å². The van der Waals surface area contributed by atoms with Gasteiger partial charge in [0.25, 0.3) is 0 Å². The van der Waals surface area contributed by atoms with Crippen LogP contribution in [0.3, 0.4) is 0 Å². The summed E-state index contributed by atoms with van der Waals surface area (Å²) in [5.41, 5.74) is 0. The lowest BCUT2D eigenvalue weighted by atomic mass is 10.1. The van der Waals surface area contributed by atoms with Crippen LogP contribution in [0.25, 0.3) is 0 Å². The standard InChI is InChI=1S/C9H19NO/c1-3-10-9-6-4-5-8(9)7-11-2/h8-10H,3-7H2,1-2H3. The van der Waals surface area contributed by atoms with Gasteiger partial charge in [0.15, 0.2) is 0 Å². The maximum Gasteiger partial charge on any atom is 0.0505 e. The van der Waals surface area contributed by atoms with Gasteiger partial charge in [-0.05, 0) is 25.3 Å². The summed E-state index contributed by atoms with van der Waals surface area (Å²) in [6.45, 7) is 4.19. The van der Waals surface area contributed by atoms with Crippen molar-refractivity contribution in [1.29, 1.82) is 0 Å². The summed E-state index contributed by atoms with van der Waals surface area (Å²) < 4.78 is 5.16. The fourth-order valence-corrected chi connectivity index (χ4v) is 1.98. The fraction of sp³-hybridized carbons (Fsp3) is 1.00. The van der Waals surface area contributed by atoms with Gasteiger partial charge in [-0.2, -0.15) is 0 Å². The van der Waals surface area contributed by atoms with Crippen molar-refractivity contribution in [3.05, 3.63) is 0 Å². The number of nitrogens with one attached hydrogen (secondary N) is 1. The molecule has 2 atom stereocenters. The molecular formula is C9H19NO. The molecule has 1 rings (SSSR count). The van der Waals surface area contributed by atoms with E-state index in [1.165, 1.54) is 19.3 Å². The Bertz CT molecular complexity index is 93.7. The third kappa shape index (κ3) is 2.46. The van der Waals surface area contributed by atoms with Gasteiger partial charge in [0, 0.05) is 13.2 Å². The molecule has 0 heterocycles. The molecule has 66 valence electrons. The largest absolute Gasteiger partial charge is 0.384 e. The van der Waals surface area contributed by atoms with Crippen LogP contribution < -0.4 is 5.32 Å². The minimum atomic E-state index is 0.722. The van der Waals surface area contributed by atoms with Gasteiger partial charge in [-0.3, -0.25) is 0 Å². The SMILES string of the molecule is CCNC1CCCC1COC. The summed E-state index contributed by atoms with van der Waals surface area (Å²) in [5, 5.41) is 3.50. The molecule has 0 radical (unpaired) electrons. The number of rotatable bonds is 4. The van der Waals surface area contributed by atoms with Crippen molar-refractivity contribution in [1.82, 2.24) is 5.32 Å². The molecule has 0 spiro atoms. The van der Waals surface area contributed by atoms with Gasteiger partial charge in [0.1, 0.15) is 0 Å². The summed E-state index contributed by atoms with van der Waals surface area (Å²) in [6.07, 6.45) is 4.04. The topological polar surface area (TPSA) is 21.3 Å². The van der Waals surface area contributed by atoms with Gasteiger partial charge in [0.2, 0.25) is 0 Å². The maximum atomic E-state index is 5.16. The first-order valence-corrected chi connectivity index (χ1v) is 4.60. The van der Waals surface area contributed by atoms with E-state index in [1.54, 1.807) is 7.11 Å². The molecule has 0 aliphatic heterocycles. The molecule has 1 saturated carbocycles. The molecule has 1 aliphatic carbocycles. The Morgan fingerprint density at radius 3 is 2.91 bits per heavy atom. The summed E-state index contributed by atoms with van der Waals surface area (Å²) in [6, 6.07) is 0.722. The fourth-order valence-electron chi connectivity index (χ4n) is 1.98. The van der Waals surface area contributed by atoms with Crippen LogP contribution >= 0.6 is 0 Å². The number of ether oxygens (including phenoxy) is 1. The lowest BCUT2D eigenvalue weighted by Crippen LogP contribution is -2.34. The summed E-state index contributed by atoms with van der Waals surface area (Å²) >= 11 is 0. The predicted molar refractivity (Wildman–Crippen MR) is 46.7 cm³/mol. The zero-order valence-corrected chi connectivity index (χ0v) is 7.60. The van der Waals surface area contributed by atoms with Crippen LogP contribution in [0.15, 0.2) is 0 Å². The van der Waals surface area contributed by atoms with E-state index in [-0.39, 0.29) is 0 Å². The molecule has 2 unspecified atom stereocenters. The Morgan fingerprint density at radius 2 is 2.27 bits per heavy atom. The third-order valence-electron chi connectivity index (χ3n) is 2.51. The van der Waals surface area contributed by atoms with Crippen molar-refractivity contribution in [2.75, 3.05) is 20.3 Å². The van der Waals surface area contributed by atoms with E-state index in [1.807, 2.05) is 0 Å². The second-order valence-electron chi connectivity index (χ2n) is 3.31. The Hall–Kier alpha value is -0.0800. The minimum Gasteiger partial charge on any atom is -0.384 e. The maximum absolute atomic E-state index is 5.16. The highest BCUT2D eigenvalue weighted by Crippen LogP contribution is 2.25. The first-order chi connectivity index (χ1) is 5.38. The zero-order chi connectivity index (χ0) is 8.10. The molecule has 2 heteroatoms. The van der Waals surface area contributed by atoms with Gasteiger partial charge < -0.3 is 10.1 Å². The van der Waals surface area contributed by atoms with Crippen molar-refractivity contribution in [3.63, 3.8) is 0 Å². The van der Waals surface area contributed by atoms with Gasteiger partial charge in [-0.15, -0.1) is 0 Å². The van der Waals surface area contributed by atoms with Crippen LogP contribution in [-0.4, -0.2) is 26.3 Å². The molecule has 0 aromatic heterocycles. The third-order valence-corrected chi connectivity index (χ3v) is 2.51. The van der Waals surface area contributed by atoms with Crippen LogP contribution in [0.4, 0.5) is 0 Å². The van der Waals surface area contributed by atoms with E-state index >= 15 is 0 Å². The first kappa shape index (κ1) is 9.01. The smallest absolute Gasteiger partial charge is 0.0505 e. The average Bonchev–Trinajstić information content (AvgIpc) is 2.39. The molecule has 2 nitrogen and oxygen atoms in total. The van der Waals surface area contributed by atoms with Crippen molar-refractivity contribution >= 4 is 0 Å². The summed E-state index contributed by atoms with van der Waals surface area (Å²) in [5.74, 6) is 0.764. The minimum absolute atomic E-state index is 0.722. The quantitative estimate of drug-likeness (QED) is 0.666. The zero-order valence-electron chi connectivity index (χ0n) is 7.60. The number of methoxy groups -OCH3 is 1. The highest BCUT2D eigenvalue weighted by atomic mass is 16.5. The van der Waals surface area contributed by atoms with Crippen LogP contribution in [0.5, 0.6) is 0 Å². The van der Waals surface area contributed by atoms with E-state index in [0.717, 1.165) is 25.1 Å². The molecule has 0 aromatic rings. The van der Waals surface area contributed by atoms with Gasteiger partial charge in [-0.1, -0.05) is 13.3 Å². The molecule has 1 fully saturated rings. The molecule has 0 bridgehead atoms. The Kier molecular flexibility index (Phi) is 3.87. The van der Waals surface area contributed by atoms with Gasteiger partial charge in [-0.25, -0.2) is 0 Å². The van der Waals surface area contributed by atoms with E-state index in [0.29, 0.717) is 0 Å². The highest BCUT2D eigenvalue weighted by Gasteiger charge is 2.25. The van der Waals surface area contributed by atoms with Crippen molar-refractivity contribution in [2.24, 2.45) is 5.92 Å². The molecule has 1 aliphatic rings. The molecule has 0 aromatic carbocycles. The van der Waals surface area contributed by atoms with E-state index in [2.05, 4.69) is 12.2 Å². The summed E-state index contributed by atoms with van der Waals surface area (Å²) in [4.78, 5) is 0. The van der Waals surface area contributed by atoms with Crippen molar-refractivity contribution in [3.8, 4) is 0 Å². The van der Waals surface area contributed by atoms with Crippen LogP contribution in [0.1, 0.15) is 26.2 Å². The first-order valence-electron chi connectivity index (χ1n) is 4.60. The lowest BCUT2D eigenvalue weighted by molar-refractivity contribution is 0.141.